The van der Waals surface area contributed by atoms with Gasteiger partial charge in [-0.25, -0.2) is 4.39 Å². The molecule has 0 amide bonds. The van der Waals surface area contributed by atoms with Crippen LogP contribution in [0.1, 0.15) is 52.7 Å². The van der Waals surface area contributed by atoms with Gasteiger partial charge in [-0.1, -0.05) is 32.1 Å². The molecule has 0 heterocycles. The first-order chi connectivity index (χ1) is 13.4. The zero-order valence-electron chi connectivity index (χ0n) is 17.5. The summed E-state index contributed by atoms with van der Waals surface area (Å²) in [5.74, 6) is -4.05. The molecule has 0 bridgehead atoms. The van der Waals surface area contributed by atoms with Gasteiger partial charge in [0.2, 0.25) is 0 Å². The minimum absolute atomic E-state index is 0.251. The SMILES string of the molecule is C=CC(=C(C)C)C(C)N([N+]#CC)c1cc(C(F)(F)F)cc(C(F)(F)CF)c1.CC. The van der Waals surface area contributed by atoms with E-state index in [2.05, 4.69) is 17.6 Å². The Morgan fingerprint density at radius 2 is 1.66 bits per heavy atom. The minimum Gasteiger partial charge on any atom is -0.244 e. The molecule has 0 N–H and O–H groups in total. The van der Waals surface area contributed by atoms with Crippen LogP contribution in [0.3, 0.4) is 0 Å². The summed E-state index contributed by atoms with van der Waals surface area (Å²) < 4.78 is 80.0. The summed E-state index contributed by atoms with van der Waals surface area (Å²) in [7, 11) is 0. The predicted octanol–water partition coefficient (Wildman–Crippen LogP) is 7.78. The molecule has 0 saturated heterocycles. The third-order valence-electron chi connectivity index (χ3n) is 3.92. The van der Waals surface area contributed by atoms with Crippen LogP contribution in [0.2, 0.25) is 0 Å². The van der Waals surface area contributed by atoms with Crippen LogP contribution in [-0.2, 0) is 12.1 Å². The van der Waals surface area contributed by atoms with Gasteiger partial charge in [0.25, 0.3) is 0 Å². The molecule has 0 radical (unpaired) electrons. The number of hydrogen-bond donors (Lipinski definition) is 0. The van der Waals surface area contributed by atoms with E-state index in [1.807, 2.05) is 13.8 Å². The fraction of sp³-hybridized carbons (Fsp3) is 0.476. The van der Waals surface area contributed by atoms with Crippen LogP contribution in [-0.4, -0.2) is 12.7 Å². The summed E-state index contributed by atoms with van der Waals surface area (Å²) in [5, 5.41) is 1.12. The number of benzene rings is 1. The summed E-state index contributed by atoms with van der Waals surface area (Å²) in [6, 6.07) is 3.58. The largest absolute Gasteiger partial charge is 0.416 e. The van der Waals surface area contributed by atoms with Crippen LogP contribution >= 0.6 is 0 Å². The fourth-order valence-corrected chi connectivity index (χ4v) is 2.60. The number of rotatable bonds is 6. The lowest BCUT2D eigenvalue weighted by Gasteiger charge is -2.21. The molecule has 8 heteroatoms. The number of nitrogens with zero attached hydrogens (tertiary/aromatic N) is 2. The second-order valence-electron chi connectivity index (χ2n) is 6.11. The zero-order valence-corrected chi connectivity index (χ0v) is 17.5. The highest BCUT2D eigenvalue weighted by molar-refractivity contribution is 5.57. The van der Waals surface area contributed by atoms with E-state index in [-0.39, 0.29) is 11.8 Å². The maximum Gasteiger partial charge on any atom is 0.416 e. The van der Waals surface area contributed by atoms with Crippen LogP contribution < -0.4 is 5.01 Å². The molecule has 0 saturated carbocycles. The third kappa shape index (κ3) is 6.84. The van der Waals surface area contributed by atoms with E-state index >= 15 is 0 Å². The highest BCUT2D eigenvalue weighted by Crippen LogP contribution is 2.39. The van der Waals surface area contributed by atoms with Crippen molar-refractivity contribution >= 4 is 5.69 Å². The van der Waals surface area contributed by atoms with E-state index in [1.165, 1.54) is 13.0 Å². The van der Waals surface area contributed by atoms with Crippen LogP contribution in [0.5, 0.6) is 0 Å². The molecule has 0 fully saturated rings. The molecular weight excluding hydrogens is 394 g/mol. The summed E-state index contributed by atoms with van der Waals surface area (Å²) in [6.07, 6.45) is -3.37. The van der Waals surface area contributed by atoms with Crippen molar-refractivity contribution in [2.24, 2.45) is 0 Å². The van der Waals surface area contributed by atoms with Crippen molar-refractivity contribution < 1.29 is 26.3 Å². The minimum atomic E-state index is -4.89. The van der Waals surface area contributed by atoms with Crippen molar-refractivity contribution in [1.82, 2.24) is 0 Å². The van der Waals surface area contributed by atoms with Gasteiger partial charge < -0.3 is 0 Å². The van der Waals surface area contributed by atoms with Crippen LogP contribution in [0.25, 0.3) is 4.95 Å². The number of allylic oxidation sites excluding steroid dienone is 1. The maximum atomic E-state index is 13.8. The monoisotopic (exact) mass is 421 g/mol. The Kier molecular flexibility index (Phi) is 10.0. The van der Waals surface area contributed by atoms with E-state index in [1.54, 1.807) is 20.8 Å². The average molecular weight is 421 g/mol. The molecule has 1 rings (SSSR count). The first-order valence-corrected chi connectivity index (χ1v) is 9.02. The molecule has 0 aliphatic carbocycles. The second-order valence-corrected chi connectivity index (χ2v) is 6.11. The molecule has 2 nitrogen and oxygen atoms in total. The lowest BCUT2D eigenvalue weighted by atomic mass is 10.0. The second kappa shape index (κ2) is 10.9. The van der Waals surface area contributed by atoms with Gasteiger partial charge in [-0.2, -0.15) is 22.0 Å². The van der Waals surface area contributed by atoms with Crippen molar-refractivity contribution in [3.8, 4) is 6.07 Å². The van der Waals surface area contributed by atoms with Gasteiger partial charge in [0.1, 0.15) is 11.7 Å². The molecule has 1 unspecified atom stereocenters. The summed E-state index contributed by atoms with van der Waals surface area (Å²) in [4.78, 5) is 3.91. The zero-order chi connectivity index (χ0) is 23.0. The fourth-order valence-electron chi connectivity index (χ4n) is 2.60. The van der Waals surface area contributed by atoms with E-state index in [0.717, 1.165) is 16.6 Å². The van der Waals surface area contributed by atoms with Gasteiger partial charge in [-0.05, 0) is 49.6 Å². The number of hydrogen-bond acceptors (Lipinski definition) is 1. The molecule has 0 aromatic heterocycles. The van der Waals surface area contributed by atoms with Gasteiger partial charge in [0.15, 0.2) is 6.67 Å². The Balaban J connectivity index is 0.00000379. The lowest BCUT2D eigenvalue weighted by molar-refractivity contribution is -0.137. The molecule has 1 aromatic rings. The van der Waals surface area contributed by atoms with Gasteiger partial charge in [-0.3, -0.25) is 0 Å². The maximum absolute atomic E-state index is 13.8. The Labute approximate surface area is 168 Å². The number of anilines is 1. The Hall–Kier alpha value is -2.43. The van der Waals surface area contributed by atoms with Crippen LogP contribution in [0, 0.1) is 6.07 Å². The molecule has 0 aliphatic heterocycles. The molecule has 1 atom stereocenters. The van der Waals surface area contributed by atoms with Gasteiger partial charge >= 0.3 is 18.2 Å². The first-order valence-electron chi connectivity index (χ1n) is 9.02. The van der Waals surface area contributed by atoms with E-state index in [4.69, 9.17) is 0 Å². The molecule has 0 aliphatic rings. The van der Waals surface area contributed by atoms with Gasteiger partial charge in [0.05, 0.1) is 17.4 Å². The van der Waals surface area contributed by atoms with Crippen molar-refractivity contribution in [1.29, 1.82) is 0 Å². The van der Waals surface area contributed by atoms with Crippen molar-refractivity contribution in [3.05, 3.63) is 58.1 Å². The van der Waals surface area contributed by atoms with E-state index in [9.17, 15) is 26.3 Å². The van der Waals surface area contributed by atoms with E-state index < -0.39 is 35.9 Å². The molecular formula is C21H27F6N2+. The smallest absolute Gasteiger partial charge is 0.244 e. The molecule has 0 spiro atoms. The van der Waals surface area contributed by atoms with Gasteiger partial charge in [-0.15, -0.1) is 0 Å². The van der Waals surface area contributed by atoms with Crippen molar-refractivity contribution in [3.63, 3.8) is 0 Å². The predicted molar refractivity (Wildman–Crippen MR) is 106 cm³/mol. The summed E-state index contributed by atoms with van der Waals surface area (Å²) >= 11 is 0. The normalized spacial score (nSPS) is 12.0. The Morgan fingerprint density at radius 1 is 1.14 bits per heavy atom. The van der Waals surface area contributed by atoms with Crippen molar-refractivity contribution in [2.75, 3.05) is 11.7 Å². The summed E-state index contributed by atoms with van der Waals surface area (Å²) in [5.41, 5.74) is -1.16. The third-order valence-corrected chi connectivity index (χ3v) is 3.92. The van der Waals surface area contributed by atoms with Gasteiger partial charge in [0, 0.05) is 5.56 Å². The highest BCUT2D eigenvalue weighted by Gasteiger charge is 2.39. The summed E-state index contributed by atoms with van der Waals surface area (Å²) in [6.45, 7) is 12.2. The standard InChI is InChI=1S/C19H21F6N2.C2H6/c1-6-17(12(3)4)13(5)27(26-7-2)16-9-14(18(21,22)11-20)8-15(10-16)19(23,24)25;1-2/h6,8-10,13H,1,11H2,2-5H3;1-2H3/q+1;. The van der Waals surface area contributed by atoms with E-state index in [0.29, 0.717) is 11.6 Å². The van der Waals surface area contributed by atoms with Crippen molar-refractivity contribution in [2.45, 2.75) is 59.7 Å². The number of alkyl halides is 6. The molecule has 162 valence electrons. The Bertz CT molecular complexity index is 781. The molecule has 29 heavy (non-hydrogen) atoms. The molecule has 1 aromatic carbocycles. The van der Waals surface area contributed by atoms with Crippen LogP contribution in [0.15, 0.2) is 42.0 Å². The highest BCUT2D eigenvalue weighted by atomic mass is 19.4. The topological polar surface area (TPSA) is 7.60 Å². The lowest BCUT2D eigenvalue weighted by Crippen LogP contribution is -2.29. The average Bonchev–Trinajstić information content (AvgIpc) is 2.66. The van der Waals surface area contributed by atoms with Crippen LogP contribution in [0.4, 0.5) is 32.0 Å². The number of halogens is 6. The quantitative estimate of drug-likeness (QED) is 0.259. The Morgan fingerprint density at radius 3 is 2.03 bits per heavy atom. The first kappa shape index (κ1) is 26.6.